The summed E-state index contributed by atoms with van der Waals surface area (Å²) in [5, 5.41) is 12.3. The summed E-state index contributed by atoms with van der Waals surface area (Å²) in [6.45, 7) is 5.33. The lowest BCUT2D eigenvalue weighted by Crippen LogP contribution is -2.47. The standard InChI is InChI=1S/C43H44N2O4/c1-28-24-36-41(43(48)45(42(36)47)33-20-22-44(23-21-33)26-29-10-4-2-5-11-29)37-27-49-39(40(28)37)19-17-31(30-12-6-3-7-13-30)25-32-16-18-38(46)35-15-9-8-14-34(32)35/h2-16,18,25,33,36-37,39,41,46H,17,19-24,26-27H2,1H3/b31-25-/t36-,37+,39-,41-/m1/s1. The minimum atomic E-state index is -0.314. The number of phenolic OH excluding ortho intramolecular Hbond substituents is 1. The highest BCUT2D eigenvalue weighted by atomic mass is 16.5. The number of amides is 2. The fourth-order valence-electron chi connectivity index (χ4n) is 9.05. The van der Waals surface area contributed by atoms with Crippen molar-refractivity contribution in [1.82, 2.24) is 9.80 Å². The first kappa shape index (κ1) is 31.7. The van der Waals surface area contributed by atoms with Gasteiger partial charge in [-0.2, -0.15) is 0 Å². The second-order valence-electron chi connectivity index (χ2n) is 14.3. The SMILES string of the molecule is CC1=C2[C@@H](CC/C(=C/c3ccc(O)c4ccccc34)c3ccccc3)OC[C@@H]2[C@@H]2C(=O)N(C3CCN(Cc4ccccc4)CC3)C(=O)[C@@H]2C1. The van der Waals surface area contributed by atoms with Crippen molar-refractivity contribution < 1.29 is 19.4 Å². The van der Waals surface area contributed by atoms with Crippen LogP contribution in [0.4, 0.5) is 0 Å². The van der Waals surface area contributed by atoms with Crippen LogP contribution in [0.15, 0.2) is 108 Å². The minimum Gasteiger partial charge on any atom is -0.507 e. The van der Waals surface area contributed by atoms with Crippen molar-refractivity contribution in [1.29, 1.82) is 0 Å². The summed E-state index contributed by atoms with van der Waals surface area (Å²) in [6.07, 6.45) is 6.06. The zero-order chi connectivity index (χ0) is 33.5. The molecule has 250 valence electrons. The van der Waals surface area contributed by atoms with Gasteiger partial charge in [-0.3, -0.25) is 19.4 Å². The number of aromatic hydroxyl groups is 1. The van der Waals surface area contributed by atoms with E-state index < -0.39 is 0 Å². The number of fused-ring (bicyclic) bond motifs is 4. The molecule has 6 nitrogen and oxygen atoms in total. The van der Waals surface area contributed by atoms with Crippen LogP contribution in [0.3, 0.4) is 0 Å². The van der Waals surface area contributed by atoms with Crippen molar-refractivity contribution in [2.45, 2.75) is 57.7 Å². The third-order valence-electron chi connectivity index (χ3n) is 11.4. The fraction of sp³-hybridized carbons (Fsp3) is 0.349. The summed E-state index contributed by atoms with van der Waals surface area (Å²) in [6, 6.07) is 32.7. The molecular formula is C43H44N2O4. The van der Waals surface area contributed by atoms with Gasteiger partial charge in [0.2, 0.25) is 11.8 Å². The molecule has 2 amide bonds. The highest BCUT2D eigenvalue weighted by Gasteiger charge is 2.57. The summed E-state index contributed by atoms with van der Waals surface area (Å²) in [5.41, 5.74) is 7.20. The number of likely N-dealkylation sites (tertiary alicyclic amines) is 2. The van der Waals surface area contributed by atoms with E-state index in [0.29, 0.717) is 13.0 Å². The van der Waals surface area contributed by atoms with Crippen LogP contribution >= 0.6 is 0 Å². The van der Waals surface area contributed by atoms with Crippen molar-refractivity contribution in [3.05, 3.63) is 125 Å². The number of nitrogens with zero attached hydrogens (tertiary/aromatic N) is 2. The molecule has 49 heavy (non-hydrogen) atoms. The van der Waals surface area contributed by atoms with Gasteiger partial charge in [-0.05, 0) is 78.3 Å². The van der Waals surface area contributed by atoms with Gasteiger partial charge < -0.3 is 9.84 Å². The van der Waals surface area contributed by atoms with Crippen LogP contribution in [0.2, 0.25) is 0 Å². The Kier molecular flexibility index (Phi) is 8.69. The van der Waals surface area contributed by atoms with E-state index in [1.54, 1.807) is 11.0 Å². The molecule has 4 aliphatic rings. The van der Waals surface area contributed by atoms with Gasteiger partial charge in [-0.25, -0.2) is 0 Å². The zero-order valence-electron chi connectivity index (χ0n) is 28.1. The second-order valence-corrected chi connectivity index (χ2v) is 14.3. The van der Waals surface area contributed by atoms with Crippen molar-refractivity contribution in [3.8, 4) is 5.75 Å². The molecule has 4 atom stereocenters. The van der Waals surface area contributed by atoms with Gasteiger partial charge in [0.25, 0.3) is 0 Å². The smallest absolute Gasteiger partial charge is 0.234 e. The number of carbonyl (C=O) groups excluding carboxylic acids is 2. The zero-order valence-corrected chi connectivity index (χ0v) is 28.1. The van der Waals surface area contributed by atoms with Crippen molar-refractivity contribution in [2.24, 2.45) is 17.8 Å². The van der Waals surface area contributed by atoms with E-state index in [2.05, 4.69) is 72.5 Å². The normalized spacial score (nSPS) is 24.9. The molecule has 1 N–H and O–H groups in total. The summed E-state index contributed by atoms with van der Waals surface area (Å²) in [4.78, 5) is 32.2. The lowest BCUT2D eigenvalue weighted by atomic mass is 9.70. The van der Waals surface area contributed by atoms with E-state index in [9.17, 15) is 14.7 Å². The fourth-order valence-corrected chi connectivity index (χ4v) is 9.05. The Morgan fingerprint density at radius 3 is 2.29 bits per heavy atom. The number of hydrogen-bond donors (Lipinski definition) is 1. The molecule has 3 fully saturated rings. The number of benzene rings is 4. The largest absolute Gasteiger partial charge is 0.507 e. The highest BCUT2D eigenvalue weighted by molar-refractivity contribution is 6.06. The number of hydrogen-bond acceptors (Lipinski definition) is 5. The average Bonchev–Trinajstić information content (AvgIpc) is 3.67. The molecule has 0 bridgehead atoms. The van der Waals surface area contributed by atoms with Crippen LogP contribution in [0.1, 0.15) is 55.7 Å². The van der Waals surface area contributed by atoms with Gasteiger partial charge in [0.15, 0.2) is 0 Å². The Bertz CT molecular complexity index is 1930. The average molecular weight is 653 g/mol. The van der Waals surface area contributed by atoms with E-state index in [-0.39, 0.29) is 47.5 Å². The topological polar surface area (TPSA) is 70.1 Å². The van der Waals surface area contributed by atoms with Crippen LogP contribution in [-0.2, 0) is 20.9 Å². The minimum absolute atomic E-state index is 0.0194. The lowest BCUT2D eigenvalue weighted by molar-refractivity contribution is -0.144. The van der Waals surface area contributed by atoms with Gasteiger partial charge in [0, 0.05) is 37.0 Å². The number of imide groups is 1. The van der Waals surface area contributed by atoms with Crippen LogP contribution in [0, 0.1) is 17.8 Å². The monoisotopic (exact) mass is 652 g/mol. The molecule has 3 aliphatic heterocycles. The molecule has 6 heteroatoms. The van der Waals surface area contributed by atoms with Gasteiger partial charge in [0.1, 0.15) is 5.75 Å². The molecule has 0 unspecified atom stereocenters. The molecule has 4 aromatic carbocycles. The third-order valence-corrected chi connectivity index (χ3v) is 11.4. The molecule has 0 radical (unpaired) electrons. The summed E-state index contributed by atoms with van der Waals surface area (Å²) < 4.78 is 6.53. The summed E-state index contributed by atoms with van der Waals surface area (Å²) >= 11 is 0. The lowest BCUT2D eigenvalue weighted by Gasteiger charge is -2.36. The van der Waals surface area contributed by atoms with Gasteiger partial charge in [0.05, 0.1) is 24.5 Å². The maximum atomic E-state index is 14.1. The van der Waals surface area contributed by atoms with E-state index in [4.69, 9.17) is 4.74 Å². The number of carbonyl (C=O) groups is 2. The quantitative estimate of drug-likeness (QED) is 0.119. The first-order valence-electron chi connectivity index (χ1n) is 17.9. The molecular weight excluding hydrogens is 608 g/mol. The molecule has 0 saturated carbocycles. The number of phenols is 1. The predicted molar refractivity (Wildman–Crippen MR) is 193 cm³/mol. The Morgan fingerprint density at radius 1 is 0.837 bits per heavy atom. The Labute approximate surface area is 288 Å². The van der Waals surface area contributed by atoms with E-state index in [0.717, 1.165) is 67.2 Å². The van der Waals surface area contributed by atoms with E-state index >= 15 is 0 Å². The predicted octanol–water partition coefficient (Wildman–Crippen LogP) is 7.87. The van der Waals surface area contributed by atoms with Crippen molar-refractivity contribution in [2.75, 3.05) is 19.7 Å². The summed E-state index contributed by atoms with van der Waals surface area (Å²) in [7, 11) is 0. The first-order valence-corrected chi connectivity index (χ1v) is 17.9. The summed E-state index contributed by atoms with van der Waals surface area (Å²) in [5.74, 6) is -0.272. The molecule has 3 saturated heterocycles. The Morgan fingerprint density at radius 2 is 1.53 bits per heavy atom. The van der Waals surface area contributed by atoms with Gasteiger partial charge in [-0.1, -0.05) is 103 Å². The Hall–Kier alpha value is -4.52. The van der Waals surface area contributed by atoms with Gasteiger partial charge in [-0.15, -0.1) is 0 Å². The number of piperidine rings is 1. The van der Waals surface area contributed by atoms with E-state index in [1.807, 2.05) is 36.4 Å². The number of rotatable bonds is 8. The molecule has 3 heterocycles. The highest BCUT2D eigenvalue weighted by Crippen LogP contribution is 2.50. The maximum Gasteiger partial charge on any atom is 0.234 e. The van der Waals surface area contributed by atoms with Crippen molar-refractivity contribution in [3.63, 3.8) is 0 Å². The molecule has 0 spiro atoms. The van der Waals surface area contributed by atoms with Crippen LogP contribution in [0.25, 0.3) is 22.4 Å². The van der Waals surface area contributed by atoms with Crippen LogP contribution in [0.5, 0.6) is 5.75 Å². The second kappa shape index (κ2) is 13.4. The first-order chi connectivity index (χ1) is 24.0. The molecule has 4 aromatic rings. The Balaban J connectivity index is 0.983. The van der Waals surface area contributed by atoms with Crippen molar-refractivity contribution >= 4 is 34.2 Å². The van der Waals surface area contributed by atoms with E-state index in [1.165, 1.54) is 22.3 Å². The third kappa shape index (κ3) is 6.02. The van der Waals surface area contributed by atoms with Gasteiger partial charge >= 0.3 is 0 Å². The maximum absolute atomic E-state index is 14.1. The molecule has 0 aromatic heterocycles. The van der Waals surface area contributed by atoms with Crippen LogP contribution < -0.4 is 0 Å². The van der Waals surface area contributed by atoms with Crippen LogP contribution in [-0.4, -0.2) is 58.6 Å². The molecule has 1 aliphatic carbocycles. The number of ether oxygens (including phenoxy) is 1. The number of allylic oxidation sites excluding steroid dienone is 2. The molecule has 8 rings (SSSR count).